The molecule has 146 valence electrons. The number of benzene rings is 3. The summed E-state index contributed by atoms with van der Waals surface area (Å²) in [6, 6.07) is 22.7. The number of anilines is 1. The Morgan fingerprint density at radius 3 is 2.41 bits per heavy atom. The highest BCUT2D eigenvalue weighted by molar-refractivity contribution is 5.91. The molecule has 0 saturated heterocycles. The Bertz CT molecular complexity index is 1050. The minimum absolute atomic E-state index is 0.303. The number of hydrogen-bond acceptors (Lipinski definition) is 5. The molecule has 0 unspecified atom stereocenters. The van der Waals surface area contributed by atoms with Crippen LogP contribution in [-0.2, 0) is 11.3 Å². The highest BCUT2D eigenvalue weighted by atomic mass is 16.5. The zero-order chi connectivity index (χ0) is 20.8. The molecule has 5 heteroatoms. The van der Waals surface area contributed by atoms with Gasteiger partial charge in [0.1, 0.15) is 12.4 Å². The van der Waals surface area contributed by atoms with Gasteiger partial charge in [0.05, 0.1) is 24.3 Å². The molecule has 0 fully saturated rings. The molecule has 0 aliphatic heterocycles. The van der Waals surface area contributed by atoms with E-state index < -0.39 is 5.97 Å². The van der Waals surface area contributed by atoms with Crippen LogP contribution in [-0.4, -0.2) is 27.2 Å². The van der Waals surface area contributed by atoms with Crippen LogP contribution >= 0.6 is 0 Å². The lowest BCUT2D eigenvalue weighted by Crippen LogP contribution is -2.08. The minimum Gasteiger partial charge on any atom is -0.489 e. The van der Waals surface area contributed by atoms with Crippen molar-refractivity contribution in [2.24, 2.45) is 0 Å². The van der Waals surface area contributed by atoms with E-state index in [4.69, 9.17) is 14.7 Å². The molecule has 3 rings (SSSR count). The van der Waals surface area contributed by atoms with Gasteiger partial charge in [0, 0.05) is 19.8 Å². The second-order valence-electron chi connectivity index (χ2n) is 6.78. The molecule has 0 aliphatic rings. The Hall–Kier alpha value is -3.78. The van der Waals surface area contributed by atoms with Crippen molar-refractivity contribution >= 4 is 11.7 Å². The zero-order valence-corrected chi connectivity index (χ0v) is 16.7. The van der Waals surface area contributed by atoms with E-state index >= 15 is 0 Å². The topological polar surface area (TPSA) is 62.6 Å². The SMILES string of the molecule is COC(=O)c1cc(COc2ccc(N(C)C)cc2)cc(-c2cccc(C#N)c2)c1. The summed E-state index contributed by atoms with van der Waals surface area (Å²) in [5, 5.41) is 9.16. The molecule has 0 atom stereocenters. The fraction of sp³-hybridized carbons (Fsp3) is 0.167. The molecule has 0 amide bonds. The largest absolute Gasteiger partial charge is 0.489 e. The summed E-state index contributed by atoms with van der Waals surface area (Å²) in [4.78, 5) is 14.1. The molecule has 0 bridgehead atoms. The molecule has 0 spiro atoms. The first-order valence-corrected chi connectivity index (χ1v) is 9.13. The molecule has 5 nitrogen and oxygen atoms in total. The van der Waals surface area contributed by atoms with Gasteiger partial charge in [0.25, 0.3) is 0 Å². The van der Waals surface area contributed by atoms with E-state index in [2.05, 4.69) is 6.07 Å². The van der Waals surface area contributed by atoms with Crippen LogP contribution in [0.3, 0.4) is 0 Å². The molecule has 0 aromatic heterocycles. The van der Waals surface area contributed by atoms with Gasteiger partial charge in [-0.25, -0.2) is 4.79 Å². The molecule has 3 aromatic rings. The third-order valence-electron chi connectivity index (χ3n) is 4.50. The van der Waals surface area contributed by atoms with Crippen LogP contribution in [0.2, 0.25) is 0 Å². The highest BCUT2D eigenvalue weighted by Crippen LogP contribution is 2.25. The molecule has 0 radical (unpaired) electrons. The van der Waals surface area contributed by atoms with E-state index in [0.29, 0.717) is 17.7 Å². The van der Waals surface area contributed by atoms with Crippen molar-refractivity contribution in [3.05, 3.63) is 83.4 Å². The zero-order valence-electron chi connectivity index (χ0n) is 16.7. The number of nitriles is 1. The molecule has 29 heavy (non-hydrogen) atoms. The first kappa shape index (κ1) is 20.0. The Balaban J connectivity index is 1.89. The summed E-state index contributed by atoms with van der Waals surface area (Å²) in [6.45, 7) is 0.303. The predicted molar refractivity (Wildman–Crippen MR) is 113 cm³/mol. The monoisotopic (exact) mass is 386 g/mol. The maximum absolute atomic E-state index is 12.1. The molecular formula is C24H22N2O3. The lowest BCUT2D eigenvalue weighted by Gasteiger charge is -2.14. The van der Waals surface area contributed by atoms with Gasteiger partial charge in [-0.2, -0.15) is 5.26 Å². The fourth-order valence-corrected chi connectivity index (χ4v) is 2.95. The Kier molecular flexibility index (Phi) is 6.16. The minimum atomic E-state index is -0.417. The van der Waals surface area contributed by atoms with Gasteiger partial charge in [-0.05, 0) is 71.3 Å². The van der Waals surface area contributed by atoms with E-state index in [-0.39, 0.29) is 0 Å². The summed E-state index contributed by atoms with van der Waals surface area (Å²) in [7, 11) is 5.32. The van der Waals surface area contributed by atoms with Gasteiger partial charge >= 0.3 is 5.97 Å². The van der Waals surface area contributed by atoms with Gasteiger partial charge < -0.3 is 14.4 Å². The molecule has 3 aromatic carbocycles. The Morgan fingerprint density at radius 2 is 1.76 bits per heavy atom. The maximum atomic E-state index is 12.1. The average Bonchev–Trinajstić information content (AvgIpc) is 2.77. The molecule has 0 saturated carbocycles. The number of methoxy groups -OCH3 is 1. The number of carbonyl (C=O) groups is 1. The van der Waals surface area contributed by atoms with E-state index in [1.54, 1.807) is 24.3 Å². The first-order valence-electron chi connectivity index (χ1n) is 9.13. The second-order valence-corrected chi connectivity index (χ2v) is 6.78. The van der Waals surface area contributed by atoms with Crippen molar-refractivity contribution < 1.29 is 14.3 Å². The van der Waals surface area contributed by atoms with E-state index in [0.717, 1.165) is 28.1 Å². The van der Waals surface area contributed by atoms with E-state index in [1.165, 1.54) is 7.11 Å². The van der Waals surface area contributed by atoms with Gasteiger partial charge in [-0.15, -0.1) is 0 Å². The lowest BCUT2D eigenvalue weighted by atomic mass is 9.98. The summed E-state index contributed by atoms with van der Waals surface area (Å²) in [5.41, 5.74) is 4.60. The number of esters is 1. The van der Waals surface area contributed by atoms with Gasteiger partial charge in [-0.1, -0.05) is 12.1 Å². The molecule has 0 aliphatic carbocycles. The van der Waals surface area contributed by atoms with Gasteiger partial charge in [0.2, 0.25) is 0 Å². The average molecular weight is 386 g/mol. The van der Waals surface area contributed by atoms with Crippen molar-refractivity contribution in [1.29, 1.82) is 5.26 Å². The van der Waals surface area contributed by atoms with Crippen molar-refractivity contribution in [1.82, 2.24) is 0 Å². The van der Waals surface area contributed by atoms with Crippen molar-refractivity contribution in [3.63, 3.8) is 0 Å². The third-order valence-corrected chi connectivity index (χ3v) is 4.50. The summed E-state index contributed by atoms with van der Waals surface area (Å²) in [6.07, 6.45) is 0. The maximum Gasteiger partial charge on any atom is 0.337 e. The second kappa shape index (κ2) is 8.94. The fourth-order valence-electron chi connectivity index (χ4n) is 2.95. The van der Waals surface area contributed by atoms with E-state index in [9.17, 15) is 4.79 Å². The molecule has 0 heterocycles. The summed E-state index contributed by atoms with van der Waals surface area (Å²) < 4.78 is 10.8. The van der Waals surface area contributed by atoms with Crippen molar-refractivity contribution in [2.75, 3.05) is 26.1 Å². The highest BCUT2D eigenvalue weighted by Gasteiger charge is 2.11. The molecule has 0 N–H and O–H groups in total. The van der Waals surface area contributed by atoms with Crippen molar-refractivity contribution in [2.45, 2.75) is 6.61 Å². The number of ether oxygens (including phenoxy) is 2. The predicted octanol–water partition coefficient (Wildman–Crippen LogP) is 4.66. The number of carbonyl (C=O) groups excluding carboxylic acids is 1. The quantitative estimate of drug-likeness (QED) is 0.577. The first-order chi connectivity index (χ1) is 14.0. The lowest BCUT2D eigenvalue weighted by molar-refractivity contribution is 0.0600. The summed E-state index contributed by atoms with van der Waals surface area (Å²) >= 11 is 0. The standard InChI is InChI=1S/C24H22N2O3/c1-26(2)22-7-9-23(10-8-22)29-16-18-12-20(14-21(13-18)24(27)28-3)19-6-4-5-17(11-19)15-25/h4-14H,16H2,1-3H3. The normalized spacial score (nSPS) is 10.1. The van der Waals surface area contributed by atoms with Crippen LogP contribution in [0.15, 0.2) is 66.7 Å². The Labute approximate surface area is 170 Å². The van der Waals surface area contributed by atoms with Crippen molar-refractivity contribution in [3.8, 4) is 22.9 Å². The van der Waals surface area contributed by atoms with Gasteiger partial charge in [-0.3, -0.25) is 0 Å². The number of hydrogen-bond donors (Lipinski definition) is 0. The van der Waals surface area contributed by atoms with Crippen LogP contribution < -0.4 is 9.64 Å². The smallest absolute Gasteiger partial charge is 0.337 e. The third kappa shape index (κ3) is 4.94. The summed E-state index contributed by atoms with van der Waals surface area (Å²) in [5.74, 6) is 0.326. The molecular weight excluding hydrogens is 364 g/mol. The van der Waals surface area contributed by atoms with Crippen LogP contribution in [0.25, 0.3) is 11.1 Å². The number of nitrogens with zero attached hydrogens (tertiary/aromatic N) is 2. The van der Waals surface area contributed by atoms with E-state index in [1.807, 2.05) is 61.5 Å². The van der Waals surface area contributed by atoms with Crippen LogP contribution in [0.4, 0.5) is 5.69 Å². The van der Waals surface area contributed by atoms with Crippen LogP contribution in [0, 0.1) is 11.3 Å². The Morgan fingerprint density at radius 1 is 1.00 bits per heavy atom. The van der Waals surface area contributed by atoms with Gasteiger partial charge in [0.15, 0.2) is 0 Å². The number of rotatable bonds is 6. The van der Waals surface area contributed by atoms with Crippen LogP contribution in [0.1, 0.15) is 21.5 Å². The van der Waals surface area contributed by atoms with Crippen LogP contribution in [0.5, 0.6) is 5.75 Å².